The van der Waals surface area contributed by atoms with Gasteiger partial charge in [0.25, 0.3) is 0 Å². The van der Waals surface area contributed by atoms with E-state index in [1.165, 1.54) is 25.9 Å². The average Bonchev–Trinajstić information content (AvgIpc) is 2.27. The molecule has 0 spiro atoms. The largest absolute Gasteiger partial charge is 0.395 e. The fraction of sp³-hybridized carbons (Fsp3) is 1.00. The van der Waals surface area contributed by atoms with Crippen LogP contribution in [0.2, 0.25) is 0 Å². The molecule has 3 heteroatoms. The molecule has 1 heterocycles. The summed E-state index contributed by atoms with van der Waals surface area (Å²) in [5, 5.41) is 13.1. The number of aliphatic hydroxyl groups excluding tert-OH is 1. The molecule has 2 atom stereocenters. The van der Waals surface area contributed by atoms with Crippen LogP contribution in [0.25, 0.3) is 0 Å². The molecule has 0 aromatic rings. The third kappa shape index (κ3) is 5.68. The van der Waals surface area contributed by atoms with Crippen LogP contribution in [0.15, 0.2) is 0 Å². The molecule has 1 fully saturated rings. The Kier molecular flexibility index (Phi) is 6.09. The van der Waals surface area contributed by atoms with Gasteiger partial charge in [0.1, 0.15) is 0 Å². The number of nitrogens with zero attached hydrogens (tertiary/aromatic N) is 1. The minimum absolute atomic E-state index is 0.236. The normalized spacial score (nSPS) is 23.0. The van der Waals surface area contributed by atoms with E-state index in [0.717, 1.165) is 12.3 Å². The first-order valence-corrected chi connectivity index (χ1v) is 7.37. The Bertz CT molecular complexity index is 229. The summed E-state index contributed by atoms with van der Waals surface area (Å²) in [6.45, 7) is 11.6. The number of piperidine rings is 1. The Balaban J connectivity index is 2.39. The van der Waals surface area contributed by atoms with Gasteiger partial charge in [-0.2, -0.15) is 0 Å². The third-order valence-corrected chi connectivity index (χ3v) is 4.05. The van der Waals surface area contributed by atoms with Crippen LogP contribution in [0, 0.1) is 11.3 Å². The van der Waals surface area contributed by atoms with Gasteiger partial charge in [-0.05, 0) is 57.7 Å². The van der Waals surface area contributed by atoms with Crippen molar-refractivity contribution in [3.63, 3.8) is 0 Å². The highest BCUT2D eigenvalue weighted by Gasteiger charge is 2.25. The number of hydrogen-bond acceptors (Lipinski definition) is 3. The van der Waals surface area contributed by atoms with Crippen LogP contribution >= 0.6 is 0 Å². The summed E-state index contributed by atoms with van der Waals surface area (Å²) in [5.41, 5.74) is 0.271. The maximum atomic E-state index is 9.51. The van der Waals surface area contributed by atoms with Crippen LogP contribution in [-0.2, 0) is 0 Å². The van der Waals surface area contributed by atoms with Crippen molar-refractivity contribution in [2.24, 2.45) is 11.3 Å². The second-order valence-corrected chi connectivity index (χ2v) is 7.24. The van der Waals surface area contributed by atoms with E-state index in [4.69, 9.17) is 0 Å². The molecule has 3 nitrogen and oxygen atoms in total. The quantitative estimate of drug-likeness (QED) is 0.791. The van der Waals surface area contributed by atoms with Crippen molar-refractivity contribution in [3.05, 3.63) is 0 Å². The van der Waals surface area contributed by atoms with Gasteiger partial charge in [-0.3, -0.25) is 0 Å². The molecule has 108 valence electrons. The van der Waals surface area contributed by atoms with Gasteiger partial charge in [0, 0.05) is 12.1 Å². The molecule has 0 aromatic heterocycles. The molecule has 0 radical (unpaired) electrons. The van der Waals surface area contributed by atoms with Crippen molar-refractivity contribution in [3.8, 4) is 0 Å². The molecular formula is C15H32N2O. The van der Waals surface area contributed by atoms with Gasteiger partial charge < -0.3 is 15.3 Å². The van der Waals surface area contributed by atoms with Gasteiger partial charge in [-0.1, -0.05) is 20.8 Å². The molecule has 18 heavy (non-hydrogen) atoms. The summed E-state index contributed by atoms with van der Waals surface area (Å²) in [4.78, 5) is 2.40. The predicted molar refractivity (Wildman–Crippen MR) is 77.8 cm³/mol. The van der Waals surface area contributed by atoms with Crippen LogP contribution in [0.1, 0.15) is 47.0 Å². The van der Waals surface area contributed by atoms with E-state index in [1.54, 1.807) is 0 Å². The first-order valence-electron chi connectivity index (χ1n) is 7.37. The minimum atomic E-state index is 0.236. The Labute approximate surface area is 113 Å². The molecule has 0 aromatic carbocycles. The summed E-state index contributed by atoms with van der Waals surface area (Å²) in [5.74, 6) is 0.759. The molecule has 0 aliphatic carbocycles. The Hall–Kier alpha value is -0.120. The topological polar surface area (TPSA) is 35.5 Å². The zero-order valence-electron chi connectivity index (χ0n) is 12.9. The summed E-state index contributed by atoms with van der Waals surface area (Å²) < 4.78 is 0. The minimum Gasteiger partial charge on any atom is -0.395 e. The molecule has 1 saturated heterocycles. The number of likely N-dealkylation sites (tertiary alicyclic amines) is 1. The zero-order valence-corrected chi connectivity index (χ0v) is 12.9. The van der Waals surface area contributed by atoms with Gasteiger partial charge >= 0.3 is 0 Å². The Morgan fingerprint density at radius 1 is 1.28 bits per heavy atom. The van der Waals surface area contributed by atoms with Gasteiger partial charge in [0.05, 0.1) is 6.61 Å². The first-order chi connectivity index (χ1) is 8.31. The maximum Gasteiger partial charge on any atom is 0.0584 e. The van der Waals surface area contributed by atoms with E-state index >= 15 is 0 Å². The summed E-state index contributed by atoms with van der Waals surface area (Å²) >= 11 is 0. The van der Waals surface area contributed by atoms with Crippen molar-refractivity contribution < 1.29 is 5.11 Å². The maximum absolute atomic E-state index is 9.51. The lowest BCUT2D eigenvalue weighted by molar-refractivity contribution is 0.150. The highest BCUT2D eigenvalue weighted by atomic mass is 16.3. The standard InChI is InChI=1S/C15H32N2O/c1-12(13-6-8-17(5)9-7-13)16-14(11-18)10-15(2,3)4/h12-14,16,18H,6-11H2,1-5H3. The van der Waals surface area contributed by atoms with Crippen LogP contribution < -0.4 is 5.32 Å². The average molecular weight is 256 g/mol. The van der Waals surface area contributed by atoms with E-state index in [0.29, 0.717) is 6.04 Å². The molecule has 1 rings (SSSR count). The van der Waals surface area contributed by atoms with Crippen LogP contribution in [-0.4, -0.2) is 48.8 Å². The molecule has 1 aliphatic rings. The van der Waals surface area contributed by atoms with Crippen LogP contribution in [0.5, 0.6) is 0 Å². The van der Waals surface area contributed by atoms with E-state index in [1.807, 2.05) is 0 Å². The van der Waals surface area contributed by atoms with E-state index < -0.39 is 0 Å². The van der Waals surface area contributed by atoms with E-state index in [-0.39, 0.29) is 18.1 Å². The summed E-state index contributed by atoms with van der Waals surface area (Å²) in [7, 11) is 2.20. The third-order valence-electron chi connectivity index (χ3n) is 4.05. The van der Waals surface area contributed by atoms with E-state index in [2.05, 4.69) is 45.0 Å². The van der Waals surface area contributed by atoms with Crippen molar-refractivity contribution in [2.45, 2.75) is 59.0 Å². The smallest absolute Gasteiger partial charge is 0.0584 e. The van der Waals surface area contributed by atoms with Crippen molar-refractivity contribution >= 4 is 0 Å². The number of rotatable bonds is 5. The molecule has 0 bridgehead atoms. The molecule has 0 saturated carbocycles. The molecular weight excluding hydrogens is 224 g/mol. The molecule has 1 aliphatic heterocycles. The van der Waals surface area contributed by atoms with Gasteiger partial charge in [0.15, 0.2) is 0 Å². The van der Waals surface area contributed by atoms with Crippen molar-refractivity contribution in [1.82, 2.24) is 10.2 Å². The van der Waals surface area contributed by atoms with Gasteiger partial charge in [0.2, 0.25) is 0 Å². The molecule has 2 unspecified atom stereocenters. The number of hydrogen-bond donors (Lipinski definition) is 2. The highest BCUT2D eigenvalue weighted by molar-refractivity contribution is 4.83. The van der Waals surface area contributed by atoms with Crippen LogP contribution in [0.3, 0.4) is 0 Å². The highest BCUT2D eigenvalue weighted by Crippen LogP contribution is 2.23. The molecule has 0 amide bonds. The second kappa shape index (κ2) is 6.88. The second-order valence-electron chi connectivity index (χ2n) is 7.24. The van der Waals surface area contributed by atoms with Crippen molar-refractivity contribution in [2.75, 3.05) is 26.7 Å². The number of aliphatic hydroxyl groups is 1. The Morgan fingerprint density at radius 2 is 1.83 bits per heavy atom. The lowest BCUT2D eigenvalue weighted by Gasteiger charge is -2.36. The fourth-order valence-electron chi connectivity index (χ4n) is 2.95. The number of nitrogens with one attached hydrogen (secondary N) is 1. The first kappa shape index (κ1) is 15.9. The SMILES string of the molecule is CC(NC(CO)CC(C)(C)C)C1CCN(C)CC1. The Morgan fingerprint density at radius 3 is 2.28 bits per heavy atom. The zero-order chi connectivity index (χ0) is 13.8. The van der Waals surface area contributed by atoms with Gasteiger partial charge in [-0.15, -0.1) is 0 Å². The predicted octanol–water partition coefficient (Wildman–Crippen LogP) is 2.10. The van der Waals surface area contributed by atoms with Crippen LogP contribution in [0.4, 0.5) is 0 Å². The monoisotopic (exact) mass is 256 g/mol. The summed E-state index contributed by atoms with van der Waals surface area (Å²) in [6, 6.07) is 0.748. The van der Waals surface area contributed by atoms with Crippen molar-refractivity contribution in [1.29, 1.82) is 0 Å². The fourth-order valence-corrected chi connectivity index (χ4v) is 2.95. The summed E-state index contributed by atoms with van der Waals surface area (Å²) in [6.07, 6.45) is 3.58. The lowest BCUT2D eigenvalue weighted by Crippen LogP contribution is -2.47. The van der Waals surface area contributed by atoms with E-state index in [9.17, 15) is 5.11 Å². The molecule has 2 N–H and O–H groups in total. The lowest BCUT2D eigenvalue weighted by atomic mass is 9.86. The van der Waals surface area contributed by atoms with Gasteiger partial charge in [-0.25, -0.2) is 0 Å².